The highest BCUT2D eigenvalue weighted by Gasteiger charge is 2.33. The SMILES string of the molecule is CN(CC1(O)CCCCC1)C1CCC(=O)CC1. The molecule has 0 bridgehead atoms. The van der Waals surface area contributed by atoms with Crippen molar-refractivity contribution in [2.24, 2.45) is 0 Å². The van der Waals surface area contributed by atoms with Crippen molar-refractivity contribution in [2.75, 3.05) is 13.6 Å². The number of nitrogens with zero attached hydrogens (tertiary/aromatic N) is 1. The molecule has 3 heteroatoms. The van der Waals surface area contributed by atoms with Gasteiger partial charge in [0.1, 0.15) is 5.78 Å². The Morgan fingerprint density at radius 1 is 1.24 bits per heavy atom. The smallest absolute Gasteiger partial charge is 0.133 e. The zero-order valence-corrected chi connectivity index (χ0v) is 11.0. The maximum atomic E-state index is 11.2. The first-order valence-electron chi connectivity index (χ1n) is 7.03. The van der Waals surface area contributed by atoms with Crippen LogP contribution in [0.3, 0.4) is 0 Å². The summed E-state index contributed by atoms with van der Waals surface area (Å²) in [6.45, 7) is 0.784. The maximum Gasteiger partial charge on any atom is 0.133 e. The molecular weight excluding hydrogens is 214 g/mol. The Balaban J connectivity index is 1.83. The Morgan fingerprint density at radius 2 is 1.82 bits per heavy atom. The Bertz CT molecular complexity index is 261. The first-order chi connectivity index (χ1) is 8.09. The van der Waals surface area contributed by atoms with Gasteiger partial charge >= 0.3 is 0 Å². The van der Waals surface area contributed by atoms with E-state index < -0.39 is 5.60 Å². The van der Waals surface area contributed by atoms with Gasteiger partial charge in [-0.2, -0.15) is 0 Å². The second kappa shape index (κ2) is 5.49. The Kier molecular flexibility index (Phi) is 4.21. The van der Waals surface area contributed by atoms with E-state index in [4.69, 9.17) is 0 Å². The van der Waals surface area contributed by atoms with Crippen LogP contribution in [0.4, 0.5) is 0 Å². The van der Waals surface area contributed by atoms with Gasteiger partial charge in [0.2, 0.25) is 0 Å². The van der Waals surface area contributed by atoms with Crippen molar-refractivity contribution in [3.63, 3.8) is 0 Å². The van der Waals surface area contributed by atoms with Crippen LogP contribution in [0.1, 0.15) is 57.8 Å². The molecule has 0 radical (unpaired) electrons. The lowest BCUT2D eigenvalue weighted by molar-refractivity contribution is -0.121. The van der Waals surface area contributed by atoms with Crippen LogP contribution in [-0.4, -0.2) is 41.0 Å². The largest absolute Gasteiger partial charge is 0.389 e. The summed E-state index contributed by atoms with van der Waals surface area (Å²) in [7, 11) is 2.10. The van der Waals surface area contributed by atoms with E-state index in [1.165, 1.54) is 6.42 Å². The molecule has 0 aromatic heterocycles. The van der Waals surface area contributed by atoms with Crippen LogP contribution in [0.25, 0.3) is 0 Å². The summed E-state index contributed by atoms with van der Waals surface area (Å²) in [5, 5.41) is 10.5. The molecule has 0 aromatic rings. The number of Topliss-reactive ketones (excluding diaryl/α,β-unsaturated/α-hetero) is 1. The third kappa shape index (κ3) is 3.52. The Labute approximate surface area is 104 Å². The summed E-state index contributed by atoms with van der Waals surface area (Å²) in [6.07, 6.45) is 8.90. The molecule has 17 heavy (non-hydrogen) atoms. The van der Waals surface area contributed by atoms with E-state index in [-0.39, 0.29) is 0 Å². The van der Waals surface area contributed by atoms with Crippen LogP contribution in [-0.2, 0) is 4.79 Å². The van der Waals surface area contributed by atoms with Gasteiger partial charge in [-0.1, -0.05) is 19.3 Å². The molecule has 2 aliphatic rings. The zero-order chi connectivity index (χ0) is 12.3. The van der Waals surface area contributed by atoms with Crippen molar-refractivity contribution < 1.29 is 9.90 Å². The molecule has 1 N–H and O–H groups in total. The molecule has 0 spiro atoms. The third-order valence-corrected chi connectivity index (χ3v) is 4.46. The van der Waals surface area contributed by atoms with E-state index in [1.54, 1.807) is 0 Å². The number of carbonyl (C=O) groups excluding carboxylic acids is 1. The predicted octanol–water partition coefficient (Wildman–Crippen LogP) is 2.13. The average molecular weight is 239 g/mol. The minimum absolute atomic E-state index is 0.408. The molecule has 98 valence electrons. The highest BCUT2D eigenvalue weighted by atomic mass is 16.3. The van der Waals surface area contributed by atoms with Crippen molar-refractivity contribution in [2.45, 2.75) is 69.4 Å². The van der Waals surface area contributed by atoms with E-state index in [2.05, 4.69) is 11.9 Å². The zero-order valence-electron chi connectivity index (χ0n) is 11.0. The van der Waals surface area contributed by atoms with E-state index in [1.807, 2.05) is 0 Å². The van der Waals surface area contributed by atoms with Gasteiger partial charge in [-0.05, 0) is 32.7 Å². The molecular formula is C14H25NO2. The monoisotopic (exact) mass is 239 g/mol. The lowest BCUT2D eigenvalue weighted by Crippen LogP contribution is -2.47. The molecule has 2 aliphatic carbocycles. The number of likely N-dealkylation sites (N-methyl/N-ethyl adjacent to an activating group) is 1. The van der Waals surface area contributed by atoms with Crippen LogP contribution in [0, 0.1) is 0 Å². The molecule has 2 rings (SSSR count). The lowest BCUT2D eigenvalue weighted by atomic mass is 9.83. The molecule has 0 saturated heterocycles. The average Bonchev–Trinajstić information content (AvgIpc) is 2.30. The van der Waals surface area contributed by atoms with Crippen LogP contribution in [0.15, 0.2) is 0 Å². The molecule has 3 nitrogen and oxygen atoms in total. The predicted molar refractivity (Wildman–Crippen MR) is 67.9 cm³/mol. The third-order valence-electron chi connectivity index (χ3n) is 4.46. The number of aliphatic hydroxyl groups is 1. The molecule has 0 heterocycles. The van der Waals surface area contributed by atoms with Crippen LogP contribution in [0.2, 0.25) is 0 Å². The van der Waals surface area contributed by atoms with Crippen LogP contribution < -0.4 is 0 Å². The van der Waals surface area contributed by atoms with Crippen molar-refractivity contribution in [3.05, 3.63) is 0 Å². The van der Waals surface area contributed by atoms with Gasteiger partial charge in [0, 0.05) is 25.4 Å². The van der Waals surface area contributed by atoms with Crippen molar-refractivity contribution in [1.82, 2.24) is 4.90 Å². The summed E-state index contributed by atoms with van der Waals surface area (Å²) in [4.78, 5) is 13.5. The van der Waals surface area contributed by atoms with Crippen molar-refractivity contribution in [1.29, 1.82) is 0 Å². The summed E-state index contributed by atoms with van der Waals surface area (Å²) >= 11 is 0. The fraction of sp³-hybridized carbons (Fsp3) is 0.929. The van der Waals surface area contributed by atoms with E-state index in [0.29, 0.717) is 11.8 Å². The van der Waals surface area contributed by atoms with Crippen molar-refractivity contribution >= 4 is 5.78 Å². The highest BCUT2D eigenvalue weighted by Crippen LogP contribution is 2.30. The summed E-state index contributed by atoms with van der Waals surface area (Å²) in [6, 6.07) is 0.499. The van der Waals surface area contributed by atoms with E-state index in [0.717, 1.165) is 57.9 Å². The normalized spacial score (nSPS) is 26.4. The molecule has 0 atom stereocenters. The second-order valence-corrected chi connectivity index (χ2v) is 5.97. The fourth-order valence-corrected chi connectivity index (χ4v) is 3.33. The van der Waals surface area contributed by atoms with Crippen LogP contribution in [0.5, 0.6) is 0 Å². The van der Waals surface area contributed by atoms with Gasteiger partial charge in [0.05, 0.1) is 5.60 Å². The number of carbonyl (C=O) groups is 1. The molecule has 2 fully saturated rings. The first kappa shape index (κ1) is 13.0. The maximum absolute atomic E-state index is 11.2. The number of hydrogen-bond donors (Lipinski definition) is 1. The lowest BCUT2D eigenvalue weighted by Gasteiger charge is -2.39. The number of ketones is 1. The standard InChI is InChI=1S/C14H25NO2/c1-15(12-5-7-13(16)8-6-12)11-14(17)9-3-2-4-10-14/h12,17H,2-11H2,1H3. The quantitative estimate of drug-likeness (QED) is 0.820. The summed E-state index contributed by atoms with van der Waals surface area (Å²) in [5.41, 5.74) is -0.464. The van der Waals surface area contributed by atoms with E-state index >= 15 is 0 Å². The molecule has 2 saturated carbocycles. The van der Waals surface area contributed by atoms with Gasteiger partial charge in [0.15, 0.2) is 0 Å². The van der Waals surface area contributed by atoms with Gasteiger partial charge in [-0.25, -0.2) is 0 Å². The molecule has 0 aliphatic heterocycles. The first-order valence-corrected chi connectivity index (χ1v) is 7.03. The minimum atomic E-state index is -0.464. The summed E-state index contributed by atoms with van der Waals surface area (Å²) < 4.78 is 0. The van der Waals surface area contributed by atoms with Gasteiger partial charge < -0.3 is 10.0 Å². The highest BCUT2D eigenvalue weighted by molar-refractivity contribution is 5.79. The fourth-order valence-electron chi connectivity index (χ4n) is 3.33. The van der Waals surface area contributed by atoms with Gasteiger partial charge in [0.25, 0.3) is 0 Å². The second-order valence-electron chi connectivity index (χ2n) is 5.97. The Hall–Kier alpha value is -0.410. The van der Waals surface area contributed by atoms with Crippen molar-refractivity contribution in [3.8, 4) is 0 Å². The molecule has 0 amide bonds. The summed E-state index contributed by atoms with van der Waals surface area (Å²) in [5.74, 6) is 0.408. The van der Waals surface area contributed by atoms with Gasteiger partial charge in [-0.3, -0.25) is 4.79 Å². The molecule has 0 aromatic carbocycles. The van der Waals surface area contributed by atoms with Crippen LogP contribution >= 0.6 is 0 Å². The Morgan fingerprint density at radius 3 is 2.41 bits per heavy atom. The topological polar surface area (TPSA) is 40.5 Å². The molecule has 0 unspecified atom stereocenters. The minimum Gasteiger partial charge on any atom is -0.389 e. The van der Waals surface area contributed by atoms with E-state index in [9.17, 15) is 9.90 Å². The van der Waals surface area contributed by atoms with Gasteiger partial charge in [-0.15, -0.1) is 0 Å². The number of hydrogen-bond acceptors (Lipinski definition) is 3. The number of rotatable bonds is 3.